The Morgan fingerprint density at radius 3 is 2.42 bits per heavy atom. The Morgan fingerprint density at radius 1 is 1.08 bits per heavy atom. The minimum Gasteiger partial charge on any atom is -0.350 e. The summed E-state index contributed by atoms with van der Waals surface area (Å²) in [5.74, 6) is 0.751. The van der Waals surface area contributed by atoms with Gasteiger partial charge < -0.3 is 11.1 Å². The Kier molecular flexibility index (Phi) is 10.6. The van der Waals surface area contributed by atoms with Gasteiger partial charge in [0.05, 0.1) is 6.04 Å². The average Bonchev–Trinajstić information content (AvgIpc) is 3.09. The monoisotopic (exact) mass is 401 g/mol. The Labute approximate surface area is 170 Å². The van der Waals surface area contributed by atoms with Crippen molar-refractivity contribution < 1.29 is 4.79 Å². The smallest absolute Gasteiger partial charge is 0.237 e. The molecule has 26 heavy (non-hydrogen) atoms. The molecule has 2 atom stereocenters. The van der Waals surface area contributed by atoms with Crippen LogP contribution in [0.5, 0.6) is 0 Å². The van der Waals surface area contributed by atoms with E-state index in [0.717, 1.165) is 25.9 Å². The molecule has 0 aromatic heterocycles. The fourth-order valence-electron chi connectivity index (χ4n) is 4.31. The zero-order valence-electron chi connectivity index (χ0n) is 15.4. The van der Waals surface area contributed by atoms with Gasteiger partial charge >= 0.3 is 0 Å². The molecule has 0 spiro atoms. The summed E-state index contributed by atoms with van der Waals surface area (Å²) in [7, 11) is 0. The van der Waals surface area contributed by atoms with Crippen LogP contribution in [0.3, 0.4) is 0 Å². The van der Waals surface area contributed by atoms with Gasteiger partial charge in [0.25, 0.3) is 0 Å². The van der Waals surface area contributed by atoms with E-state index in [9.17, 15) is 4.79 Å². The Hall–Kier alpha value is -0.810. The second-order valence-electron chi connectivity index (χ2n) is 7.36. The summed E-state index contributed by atoms with van der Waals surface area (Å²) in [6.45, 7) is 2.42. The molecular weight excluding hydrogens is 369 g/mol. The van der Waals surface area contributed by atoms with Crippen molar-refractivity contribution in [1.82, 2.24) is 10.2 Å². The zero-order chi connectivity index (χ0) is 16.8. The lowest BCUT2D eigenvalue weighted by Crippen LogP contribution is -2.51. The van der Waals surface area contributed by atoms with Crippen molar-refractivity contribution in [2.24, 2.45) is 11.7 Å². The molecule has 1 aliphatic heterocycles. The first-order valence-corrected chi connectivity index (χ1v) is 9.56. The van der Waals surface area contributed by atoms with E-state index in [2.05, 4.69) is 34.5 Å². The molecule has 1 amide bonds. The van der Waals surface area contributed by atoms with Crippen molar-refractivity contribution in [3.8, 4) is 0 Å². The lowest BCUT2D eigenvalue weighted by molar-refractivity contribution is -0.126. The van der Waals surface area contributed by atoms with Gasteiger partial charge in [0.2, 0.25) is 5.91 Å². The number of carbonyl (C=O) groups is 1. The van der Waals surface area contributed by atoms with Crippen LogP contribution in [0.1, 0.15) is 50.5 Å². The number of rotatable bonds is 6. The summed E-state index contributed by atoms with van der Waals surface area (Å²) in [5.41, 5.74) is 7.26. The topological polar surface area (TPSA) is 58.4 Å². The molecule has 0 radical (unpaired) electrons. The van der Waals surface area contributed by atoms with Gasteiger partial charge in [-0.1, -0.05) is 49.6 Å². The number of nitrogens with one attached hydrogen (secondary N) is 1. The molecule has 1 heterocycles. The Morgan fingerprint density at radius 2 is 1.77 bits per heavy atom. The number of hydrogen-bond donors (Lipinski definition) is 2. The van der Waals surface area contributed by atoms with Crippen LogP contribution in [0.25, 0.3) is 0 Å². The van der Waals surface area contributed by atoms with Crippen molar-refractivity contribution in [2.45, 2.75) is 63.6 Å². The number of likely N-dealkylation sites (tertiary alicyclic amines) is 1. The highest BCUT2D eigenvalue weighted by atomic mass is 35.5. The lowest BCUT2D eigenvalue weighted by Gasteiger charge is -2.32. The van der Waals surface area contributed by atoms with Crippen LogP contribution in [-0.4, -0.2) is 36.0 Å². The number of nitrogens with two attached hydrogens (primary N) is 1. The lowest BCUT2D eigenvalue weighted by atomic mass is 9.84. The molecule has 2 aliphatic rings. The number of hydrogen-bond acceptors (Lipinski definition) is 3. The van der Waals surface area contributed by atoms with E-state index < -0.39 is 0 Å². The number of amides is 1. The third-order valence-electron chi connectivity index (χ3n) is 5.70. The van der Waals surface area contributed by atoms with E-state index in [4.69, 9.17) is 5.73 Å². The third-order valence-corrected chi connectivity index (χ3v) is 5.70. The van der Waals surface area contributed by atoms with Crippen molar-refractivity contribution in [3.05, 3.63) is 35.9 Å². The molecule has 0 bridgehead atoms. The van der Waals surface area contributed by atoms with Crippen LogP contribution in [0.2, 0.25) is 0 Å². The third kappa shape index (κ3) is 6.12. The summed E-state index contributed by atoms with van der Waals surface area (Å²) < 4.78 is 0. The Bertz CT molecular complexity index is 523. The van der Waals surface area contributed by atoms with Crippen molar-refractivity contribution in [2.75, 3.05) is 13.1 Å². The molecule has 3 N–H and O–H groups in total. The van der Waals surface area contributed by atoms with E-state index in [1.165, 1.54) is 37.7 Å². The van der Waals surface area contributed by atoms with Gasteiger partial charge in [-0.3, -0.25) is 9.69 Å². The predicted octanol–water partition coefficient (Wildman–Crippen LogP) is 3.52. The summed E-state index contributed by atoms with van der Waals surface area (Å²) in [6, 6.07) is 10.6. The molecule has 6 heteroatoms. The predicted molar refractivity (Wildman–Crippen MR) is 112 cm³/mol. The molecule has 1 saturated heterocycles. The fourth-order valence-corrected chi connectivity index (χ4v) is 4.31. The van der Waals surface area contributed by atoms with E-state index in [1.807, 2.05) is 6.07 Å². The number of benzene rings is 1. The SMILES string of the molecule is Cl.Cl.NCC(NC(=O)C1CCCN1Cc1ccccc1)C1CCCCC1. The van der Waals surface area contributed by atoms with Crippen molar-refractivity contribution in [1.29, 1.82) is 0 Å². The first-order chi connectivity index (χ1) is 11.8. The highest BCUT2D eigenvalue weighted by Crippen LogP contribution is 2.27. The van der Waals surface area contributed by atoms with E-state index in [-0.39, 0.29) is 42.8 Å². The molecule has 148 valence electrons. The first-order valence-electron chi connectivity index (χ1n) is 9.56. The second-order valence-corrected chi connectivity index (χ2v) is 7.36. The number of carbonyl (C=O) groups excluding carboxylic acids is 1. The van der Waals surface area contributed by atoms with Crippen LogP contribution in [0.15, 0.2) is 30.3 Å². The number of nitrogens with zero attached hydrogens (tertiary/aromatic N) is 1. The largest absolute Gasteiger partial charge is 0.350 e. The molecule has 1 saturated carbocycles. The molecule has 2 fully saturated rings. The number of halogens is 2. The van der Waals surface area contributed by atoms with Crippen molar-refractivity contribution >= 4 is 30.7 Å². The van der Waals surface area contributed by atoms with E-state index in [0.29, 0.717) is 12.5 Å². The first kappa shape index (κ1) is 23.2. The van der Waals surface area contributed by atoms with Crippen LogP contribution < -0.4 is 11.1 Å². The van der Waals surface area contributed by atoms with Gasteiger partial charge in [-0.15, -0.1) is 24.8 Å². The highest BCUT2D eigenvalue weighted by molar-refractivity contribution is 5.85. The van der Waals surface area contributed by atoms with E-state index in [1.54, 1.807) is 0 Å². The van der Waals surface area contributed by atoms with Gasteiger partial charge in [-0.05, 0) is 43.7 Å². The standard InChI is InChI=1S/C20H31N3O.2ClH/c21-14-18(17-10-5-2-6-11-17)22-20(24)19-12-7-13-23(19)15-16-8-3-1-4-9-16;;/h1,3-4,8-9,17-19H,2,5-7,10-15,21H2,(H,22,24);2*1H. The van der Waals surface area contributed by atoms with Gasteiger partial charge in [-0.25, -0.2) is 0 Å². The molecular formula is C20H33Cl2N3O. The fraction of sp³-hybridized carbons (Fsp3) is 0.650. The van der Waals surface area contributed by atoms with E-state index >= 15 is 0 Å². The van der Waals surface area contributed by atoms with Crippen LogP contribution in [0.4, 0.5) is 0 Å². The minimum absolute atomic E-state index is 0. The summed E-state index contributed by atoms with van der Waals surface area (Å²) in [6.07, 6.45) is 8.36. The maximum Gasteiger partial charge on any atom is 0.237 e. The van der Waals surface area contributed by atoms with Crippen LogP contribution >= 0.6 is 24.8 Å². The maximum absolute atomic E-state index is 12.8. The quantitative estimate of drug-likeness (QED) is 0.766. The van der Waals surface area contributed by atoms with Crippen molar-refractivity contribution in [3.63, 3.8) is 0 Å². The minimum atomic E-state index is 0. The second kappa shape index (κ2) is 11.8. The molecule has 1 aliphatic carbocycles. The highest BCUT2D eigenvalue weighted by Gasteiger charge is 2.33. The summed E-state index contributed by atoms with van der Waals surface area (Å²) in [5, 5.41) is 3.29. The molecule has 3 rings (SSSR count). The normalized spacial score (nSPS) is 22.1. The van der Waals surface area contributed by atoms with Crippen LogP contribution in [0, 0.1) is 5.92 Å². The van der Waals surface area contributed by atoms with Gasteiger partial charge in [0.1, 0.15) is 0 Å². The molecule has 4 nitrogen and oxygen atoms in total. The molecule has 1 aromatic rings. The van der Waals surface area contributed by atoms with Gasteiger partial charge in [0, 0.05) is 19.1 Å². The van der Waals surface area contributed by atoms with Crippen LogP contribution in [-0.2, 0) is 11.3 Å². The summed E-state index contributed by atoms with van der Waals surface area (Å²) >= 11 is 0. The zero-order valence-corrected chi connectivity index (χ0v) is 17.1. The maximum atomic E-state index is 12.8. The summed E-state index contributed by atoms with van der Waals surface area (Å²) in [4.78, 5) is 15.2. The Balaban J connectivity index is 0.00000169. The van der Waals surface area contributed by atoms with Gasteiger partial charge in [0.15, 0.2) is 0 Å². The average molecular weight is 402 g/mol. The molecule has 1 aromatic carbocycles. The van der Waals surface area contributed by atoms with Gasteiger partial charge in [-0.2, -0.15) is 0 Å². The molecule has 2 unspecified atom stereocenters.